The van der Waals surface area contributed by atoms with Gasteiger partial charge in [0.25, 0.3) is 0 Å². The summed E-state index contributed by atoms with van der Waals surface area (Å²) >= 11 is 4.16. The number of para-hydroxylation sites is 1. The molecule has 0 aromatic heterocycles. The average molecular weight is 240 g/mol. The quantitative estimate of drug-likeness (QED) is 0.751. The Balaban J connectivity index is 2.37. The summed E-state index contributed by atoms with van der Waals surface area (Å²) in [5.74, 6) is -0.523. The Bertz CT molecular complexity index is 324. The predicted molar refractivity (Wildman–Crippen MR) is 66.1 cm³/mol. The largest absolute Gasteiger partial charge is 0.494 e. The maximum atomic E-state index is 10.9. The molecule has 0 bridgehead atoms. The maximum Gasteiger partial charge on any atom is 0.307 e. The van der Waals surface area contributed by atoms with Crippen LogP contribution in [-0.4, -0.2) is 22.9 Å². The SMILES string of the molecule is CC(S)C(CCOc1ccccc1)C(=O)O. The molecule has 0 amide bonds. The molecule has 0 aliphatic heterocycles. The van der Waals surface area contributed by atoms with Gasteiger partial charge >= 0.3 is 5.97 Å². The van der Waals surface area contributed by atoms with E-state index in [-0.39, 0.29) is 5.25 Å². The van der Waals surface area contributed by atoms with Gasteiger partial charge in [0.05, 0.1) is 12.5 Å². The third-order valence-electron chi connectivity index (χ3n) is 2.34. The van der Waals surface area contributed by atoms with Crippen molar-refractivity contribution in [2.75, 3.05) is 6.61 Å². The summed E-state index contributed by atoms with van der Waals surface area (Å²) in [6.07, 6.45) is 0.467. The van der Waals surface area contributed by atoms with Gasteiger partial charge in [-0.1, -0.05) is 25.1 Å². The first-order valence-electron chi connectivity index (χ1n) is 5.20. The highest BCUT2D eigenvalue weighted by Crippen LogP contribution is 2.16. The van der Waals surface area contributed by atoms with Crippen molar-refractivity contribution in [1.29, 1.82) is 0 Å². The van der Waals surface area contributed by atoms with Crippen LogP contribution in [0.2, 0.25) is 0 Å². The topological polar surface area (TPSA) is 46.5 Å². The van der Waals surface area contributed by atoms with E-state index in [0.29, 0.717) is 13.0 Å². The molecule has 0 spiro atoms. The van der Waals surface area contributed by atoms with Crippen molar-refractivity contribution in [3.8, 4) is 5.75 Å². The number of hydrogen-bond donors (Lipinski definition) is 2. The summed E-state index contributed by atoms with van der Waals surface area (Å²) in [5, 5.41) is 8.77. The third-order valence-corrected chi connectivity index (χ3v) is 2.70. The van der Waals surface area contributed by atoms with Crippen LogP contribution in [0, 0.1) is 5.92 Å². The van der Waals surface area contributed by atoms with Crippen LogP contribution >= 0.6 is 12.6 Å². The molecule has 0 saturated carbocycles. The van der Waals surface area contributed by atoms with Crippen LogP contribution in [0.5, 0.6) is 5.75 Å². The smallest absolute Gasteiger partial charge is 0.307 e. The number of carboxylic acid groups (broad SMARTS) is 1. The van der Waals surface area contributed by atoms with Crippen molar-refractivity contribution in [3.05, 3.63) is 30.3 Å². The van der Waals surface area contributed by atoms with Gasteiger partial charge in [-0.05, 0) is 18.6 Å². The lowest BCUT2D eigenvalue weighted by molar-refractivity contribution is -0.142. The molecule has 1 aromatic carbocycles. The van der Waals surface area contributed by atoms with E-state index in [1.165, 1.54) is 0 Å². The van der Waals surface area contributed by atoms with E-state index in [1.54, 1.807) is 6.92 Å². The fraction of sp³-hybridized carbons (Fsp3) is 0.417. The lowest BCUT2D eigenvalue weighted by Crippen LogP contribution is -2.24. The Kier molecular flexibility index (Phi) is 5.19. The van der Waals surface area contributed by atoms with Gasteiger partial charge in [0, 0.05) is 5.25 Å². The van der Waals surface area contributed by atoms with Crippen LogP contribution < -0.4 is 4.74 Å². The zero-order chi connectivity index (χ0) is 12.0. The molecule has 4 heteroatoms. The van der Waals surface area contributed by atoms with E-state index >= 15 is 0 Å². The first-order valence-corrected chi connectivity index (χ1v) is 5.71. The highest BCUT2D eigenvalue weighted by atomic mass is 32.1. The first kappa shape index (κ1) is 12.9. The van der Waals surface area contributed by atoms with Gasteiger partial charge in [0.15, 0.2) is 0 Å². The van der Waals surface area contributed by atoms with E-state index < -0.39 is 11.9 Å². The molecule has 16 heavy (non-hydrogen) atoms. The van der Waals surface area contributed by atoms with Crippen molar-refractivity contribution in [2.24, 2.45) is 5.92 Å². The van der Waals surface area contributed by atoms with Gasteiger partial charge in [-0.2, -0.15) is 12.6 Å². The molecule has 1 rings (SSSR count). The Labute approximate surface area is 101 Å². The molecule has 0 heterocycles. The number of rotatable bonds is 6. The second-order valence-corrected chi connectivity index (χ2v) is 4.45. The van der Waals surface area contributed by atoms with Crippen molar-refractivity contribution in [1.82, 2.24) is 0 Å². The molecular formula is C12H16O3S. The lowest BCUT2D eigenvalue weighted by atomic mass is 10.0. The molecule has 2 atom stereocenters. The normalized spacial score (nSPS) is 14.1. The molecule has 0 aliphatic rings. The van der Waals surface area contributed by atoms with E-state index in [9.17, 15) is 4.79 Å². The van der Waals surface area contributed by atoms with Crippen molar-refractivity contribution in [3.63, 3.8) is 0 Å². The Hall–Kier alpha value is -1.16. The van der Waals surface area contributed by atoms with Crippen LogP contribution in [0.15, 0.2) is 30.3 Å². The first-order chi connectivity index (χ1) is 7.61. The van der Waals surface area contributed by atoms with Crippen molar-refractivity contribution in [2.45, 2.75) is 18.6 Å². The number of benzene rings is 1. The third kappa shape index (κ3) is 4.14. The van der Waals surface area contributed by atoms with Crippen LogP contribution in [0.3, 0.4) is 0 Å². The highest BCUT2D eigenvalue weighted by molar-refractivity contribution is 7.81. The average Bonchev–Trinajstić information content (AvgIpc) is 2.24. The number of aliphatic carboxylic acids is 1. The summed E-state index contributed by atoms with van der Waals surface area (Å²) in [4.78, 5) is 10.9. The van der Waals surface area contributed by atoms with Crippen LogP contribution in [0.4, 0.5) is 0 Å². The Morgan fingerprint density at radius 1 is 1.44 bits per heavy atom. The van der Waals surface area contributed by atoms with E-state index in [1.807, 2.05) is 30.3 Å². The monoisotopic (exact) mass is 240 g/mol. The van der Waals surface area contributed by atoms with Gasteiger partial charge in [0.1, 0.15) is 5.75 Å². The summed E-state index contributed by atoms with van der Waals surface area (Å²) in [7, 11) is 0. The minimum absolute atomic E-state index is 0.170. The van der Waals surface area contributed by atoms with Crippen LogP contribution in [0.25, 0.3) is 0 Å². The molecule has 1 N–H and O–H groups in total. The van der Waals surface area contributed by atoms with Crippen LogP contribution in [-0.2, 0) is 4.79 Å². The number of carbonyl (C=O) groups is 1. The predicted octanol–water partition coefficient (Wildman–Crippen LogP) is 2.47. The van der Waals surface area contributed by atoms with Gasteiger partial charge in [-0.3, -0.25) is 4.79 Å². The Morgan fingerprint density at radius 2 is 2.06 bits per heavy atom. The molecule has 1 aromatic rings. The van der Waals surface area contributed by atoms with Gasteiger partial charge in [-0.25, -0.2) is 0 Å². The van der Waals surface area contributed by atoms with Crippen LogP contribution in [0.1, 0.15) is 13.3 Å². The highest BCUT2D eigenvalue weighted by Gasteiger charge is 2.21. The number of carboxylic acids is 1. The number of thiol groups is 1. The molecule has 0 radical (unpaired) electrons. The van der Waals surface area contributed by atoms with Gasteiger partial charge < -0.3 is 9.84 Å². The molecule has 0 aliphatic carbocycles. The summed E-state index contributed by atoms with van der Waals surface area (Å²) in [5.41, 5.74) is 0. The second-order valence-electron chi connectivity index (χ2n) is 3.64. The van der Waals surface area contributed by atoms with Crippen molar-refractivity contribution >= 4 is 18.6 Å². The second kappa shape index (κ2) is 6.43. The molecular weight excluding hydrogens is 224 g/mol. The summed E-state index contributed by atoms with van der Waals surface area (Å²) in [6.45, 7) is 2.18. The van der Waals surface area contributed by atoms with Crippen molar-refractivity contribution < 1.29 is 14.6 Å². The van der Waals surface area contributed by atoms with E-state index in [4.69, 9.17) is 9.84 Å². The Morgan fingerprint density at radius 3 is 2.56 bits per heavy atom. The molecule has 3 nitrogen and oxygen atoms in total. The molecule has 2 unspecified atom stereocenters. The minimum atomic E-state index is -0.820. The fourth-order valence-corrected chi connectivity index (χ4v) is 1.67. The van der Waals surface area contributed by atoms with E-state index in [0.717, 1.165) is 5.75 Å². The van der Waals surface area contributed by atoms with E-state index in [2.05, 4.69) is 12.6 Å². The molecule has 0 saturated heterocycles. The fourth-order valence-electron chi connectivity index (χ4n) is 1.39. The standard InChI is InChI=1S/C12H16O3S/c1-9(16)11(12(13)14)7-8-15-10-5-3-2-4-6-10/h2-6,9,11,16H,7-8H2,1H3,(H,13,14). The number of ether oxygens (including phenoxy) is 1. The maximum absolute atomic E-state index is 10.9. The summed E-state index contributed by atoms with van der Waals surface area (Å²) < 4.78 is 5.44. The lowest BCUT2D eigenvalue weighted by Gasteiger charge is -2.15. The molecule has 88 valence electrons. The van der Waals surface area contributed by atoms with Gasteiger partial charge in [-0.15, -0.1) is 0 Å². The zero-order valence-corrected chi connectivity index (χ0v) is 10.1. The summed E-state index contributed by atoms with van der Waals surface area (Å²) in [6, 6.07) is 9.36. The zero-order valence-electron chi connectivity index (χ0n) is 9.17. The number of hydrogen-bond acceptors (Lipinski definition) is 3. The molecule has 0 fully saturated rings. The van der Waals surface area contributed by atoms with Gasteiger partial charge in [0.2, 0.25) is 0 Å². The minimum Gasteiger partial charge on any atom is -0.494 e.